The molecule has 0 aromatic heterocycles. The summed E-state index contributed by atoms with van der Waals surface area (Å²) >= 11 is 0. The van der Waals surface area contributed by atoms with Crippen molar-refractivity contribution in [3.63, 3.8) is 0 Å². The Morgan fingerprint density at radius 2 is 1.66 bits per heavy atom. The third-order valence-electron chi connectivity index (χ3n) is 8.33. The van der Waals surface area contributed by atoms with Gasteiger partial charge in [-0.05, 0) is 67.5 Å². The predicted molar refractivity (Wildman–Crippen MR) is 176 cm³/mol. The van der Waals surface area contributed by atoms with E-state index >= 15 is 0 Å². The minimum absolute atomic E-state index is 0.105. The summed E-state index contributed by atoms with van der Waals surface area (Å²) in [6.45, 7) is 4.61. The van der Waals surface area contributed by atoms with Gasteiger partial charge in [-0.15, -0.1) is 0 Å². The van der Waals surface area contributed by atoms with Gasteiger partial charge in [0.2, 0.25) is 17.7 Å². The summed E-state index contributed by atoms with van der Waals surface area (Å²) in [5.74, 6) is -0.519. The second-order valence-electron chi connectivity index (χ2n) is 13.1. The van der Waals surface area contributed by atoms with Crippen molar-refractivity contribution < 1.29 is 14.4 Å². The Bertz CT molecular complexity index is 1480. The molecule has 3 aromatic rings. The predicted octanol–water partition coefficient (Wildman–Crippen LogP) is 4.34. The lowest BCUT2D eigenvalue weighted by atomic mass is 9.74. The molecule has 0 aliphatic carbocycles. The van der Waals surface area contributed by atoms with Crippen LogP contribution in [0, 0.1) is 5.41 Å². The number of nitrogens with zero attached hydrogens (tertiary/aromatic N) is 3. The van der Waals surface area contributed by atoms with Gasteiger partial charge in [0.25, 0.3) is 0 Å². The van der Waals surface area contributed by atoms with Gasteiger partial charge in [-0.1, -0.05) is 78.9 Å². The van der Waals surface area contributed by atoms with Crippen LogP contribution in [0.2, 0.25) is 0 Å². The van der Waals surface area contributed by atoms with E-state index in [2.05, 4.69) is 23.6 Å². The van der Waals surface area contributed by atoms with Gasteiger partial charge >= 0.3 is 0 Å². The number of rotatable bonds is 11. The van der Waals surface area contributed by atoms with E-state index in [1.807, 2.05) is 68.4 Å². The number of hydrogen-bond acceptors (Lipinski definition) is 5. The Morgan fingerprint density at radius 3 is 2.34 bits per heavy atom. The van der Waals surface area contributed by atoms with E-state index in [9.17, 15) is 14.4 Å². The summed E-state index contributed by atoms with van der Waals surface area (Å²) in [5.41, 5.74) is 9.84. The van der Waals surface area contributed by atoms with Crippen molar-refractivity contribution in [3.05, 3.63) is 96.1 Å². The molecule has 3 N–H and O–H groups in total. The van der Waals surface area contributed by atoms with E-state index in [0.717, 1.165) is 21.9 Å². The molecule has 234 valence electrons. The summed E-state index contributed by atoms with van der Waals surface area (Å²) in [6, 6.07) is 23.5. The zero-order valence-electron chi connectivity index (χ0n) is 26.8. The summed E-state index contributed by atoms with van der Waals surface area (Å²) in [7, 11) is 5.27. The molecule has 0 saturated carbocycles. The van der Waals surface area contributed by atoms with Crippen molar-refractivity contribution >= 4 is 28.5 Å². The normalized spacial score (nSPS) is 18.0. The van der Waals surface area contributed by atoms with Crippen molar-refractivity contribution in [1.29, 1.82) is 0 Å². The highest BCUT2D eigenvalue weighted by Crippen LogP contribution is 2.35. The van der Waals surface area contributed by atoms with Crippen LogP contribution in [0.3, 0.4) is 0 Å². The molecule has 4 rings (SSSR count). The number of carbonyl (C=O) groups is 3. The molecule has 0 bridgehead atoms. The number of nitrogens with two attached hydrogens (primary N) is 1. The molecular formula is C36H47N5O3. The molecular weight excluding hydrogens is 550 g/mol. The Morgan fingerprint density at radius 1 is 0.977 bits per heavy atom. The second-order valence-corrected chi connectivity index (χ2v) is 13.1. The number of likely N-dealkylation sites (tertiary alicyclic amines) is 1. The zero-order valence-corrected chi connectivity index (χ0v) is 26.8. The van der Waals surface area contributed by atoms with Crippen LogP contribution in [0.4, 0.5) is 0 Å². The van der Waals surface area contributed by atoms with Crippen LogP contribution in [0.1, 0.15) is 44.2 Å². The minimum atomic E-state index is -0.803. The lowest BCUT2D eigenvalue weighted by Crippen LogP contribution is -2.59. The number of likely N-dealkylation sites (N-methyl/N-ethyl adjacent to an activating group) is 1. The lowest BCUT2D eigenvalue weighted by molar-refractivity contribution is -0.149. The maximum atomic E-state index is 14.5. The third kappa shape index (κ3) is 8.55. The Labute approximate surface area is 261 Å². The van der Waals surface area contributed by atoms with Gasteiger partial charge in [-0.2, -0.15) is 0 Å². The van der Waals surface area contributed by atoms with Crippen LogP contribution in [-0.2, 0) is 27.2 Å². The first-order valence-corrected chi connectivity index (χ1v) is 15.4. The van der Waals surface area contributed by atoms with E-state index in [1.165, 1.54) is 11.0 Å². The van der Waals surface area contributed by atoms with Gasteiger partial charge in [-0.25, -0.2) is 5.01 Å². The van der Waals surface area contributed by atoms with Crippen molar-refractivity contribution in [2.45, 2.75) is 57.5 Å². The molecule has 8 heteroatoms. The van der Waals surface area contributed by atoms with Crippen molar-refractivity contribution in [2.24, 2.45) is 11.1 Å². The third-order valence-corrected chi connectivity index (χ3v) is 8.33. The molecule has 2 atom stereocenters. The topological polar surface area (TPSA) is 99.0 Å². The number of hydrogen-bond donors (Lipinski definition) is 2. The molecule has 44 heavy (non-hydrogen) atoms. The summed E-state index contributed by atoms with van der Waals surface area (Å²) in [6.07, 6.45) is 6.03. The smallest absolute Gasteiger partial charge is 0.246 e. The monoisotopic (exact) mass is 597 g/mol. The molecule has 3 aromatic carbocycles. The van der Waals surface area contributed by atoms with Crippen molar-refractivity contribution in [2.75, 3.05) is 34.2 Å². The Hall–Kier alpha value is -4.01. The first kappa shape index (κ1) is 32.9. The average molecular weight is 598 g/mol. The fraction of sp³-hybridized carbons (Fsp3) is 0.417. The first-order valence-electron chi connectivity index (χ1n) is 15.4. The van der Waals surface area contributed by atoms with Crippen LogP contribution in [0.15, 0.2) is 84.9 Å². The average Bonchev–Trinajstić information content (AvgIpc) is 2.98. The zero-order chi connectivity index (χ0) is 31.9. The van der Waals surface area contributed by atoms with Crippen LogP contribution < -0.4 is 11.2 Å². The fourth-order valence-corrected chi connectivity index (χ4v) is 5.96. The van der Waals surface area contributed by atoms with Gasteiger partial charge < -0.3 is 15.5 Å². The van der Waals surface area contributed by atoms with Crippen LogP contribution in [-0.4, -0.2) is 78.3 Å². The molecule has 1 aliphatic heterocycles. The number of piperidine rings is 1. The molecule has 1 heterocycles. The van der Waals surface area contributed by atoms with E-state index in [0.29, 0.717) is 38.6 Å². The first-order chi connectivity index (χ1) is 20.9. The molecule has 8 nitrogen and oxygen atoms in total. The fourth-order valence-electron chi connectivity index (χ4n) is 5.96. The summed E-state index contributed by atoms with van der Waals surface area (Å²) in [4.78, 5) is 45.0. The number of benzene rings is 3. The maximum Gasteiger partial charge on any atom is 0.246 e. The lowest BCUT2D eigenvalue weighted by Gasteiger charge is -2.44. The second kappa shape index (κ2) is 14.2. The van der Waals surface area contributed by atoms with Crippen LogP contribution >= 0.6 is 0 Å². The SMILES string of the molecule is CN(C)NC(=O)C1(Cc2ccccc2)CCCN(C(=O)[C@@H](Cc2ccc3ccccc3c2)N(C)C(=O)/C=C/CC(C)(C)N)C1. The molecule has 1 unspecified atom stereocenters. The van der Waals surface area contributed by atoms with E-state index < -0.39 is 17.0 Å². The number of nitrogens with one attached hydrogen (secondary N) is 1. The highest BCUT2D eigenvalue weighted by molar-refractivity contribution is 5.93. The number of carbonyl (C=O) groups excluding carboxylic acids is 3. The Kier molecular flexibility index (Phi) is 10.6. The number of fused-ring (bicyclic) bond motifs is 1. The van der Waals surface area contributed by atoms with Crippen LogP contribution in [0.25, 0.3) is 10.8 Å². The quantitative estimate of drug-likeness (QED) is 0.253. The minimum Gasteiger partial charge on any atom is -0.340 e. The number of hydrazine groups is 1. The van der Waals surface area contributed by atoms with Gasteiger partial charge in [0, 0.05) is 46.2 Å². The molecule has 0 spiro atoms. The molecule has 1 aliphatic rings. The van der Waals surface area contributed by atoms with Gasteiger partial charge in [0.05, 0.1) is 5.41 Å². The van der Waals surface area contributed by atoms with E-state index in [4.69, 9.17) is 5.73 Å². The van der Waals surface area contributed by atoms with Crippen molar-refractivity contribution in [1.82, 2.24) is 20.2 Å². The van der Waals surface area contributed by atoms with Gasteiger partial charge in [0.1, 0.15) is 6.04 Å². The standard InChI is InChI=1S/C36H47N5O3/c1-35(2,37)20-11-17-32(42)40(5)31(24-28-18-19-29-15-9-10-16-30(29)23-28)33(43)41-22-12-21-36(26-41,34(44)38-39(3)4)25-27-13-7-6-8-14-27/h6-11,13-19,23,31H,12,20-22,24-26,37H2,1-5H3,(H,38,44)/b17-11+/t31-,36?/m1/s1. The highest BCUT2D eigenvalue weighted by atomic mass is 16.2. The van der Waals surface area contributed by atoms with Gasteiger partial charge in [0.15, 0.2) is 0 Å². The summed E-state index contributed by atoms with van der Waals surface area (Å²) < 4.78 is 0. The maximum absolute atomic E-state index is 14.5. The van der Waals surface area contributed by atoms with E-state index in [-0.39, 0.29) is 24.3 Å². The molecule has 3 amide bonds. The number of amides is 3. The van der Waals surface area contributed by atoms with E-state index in [1.54, 1.807) is 37.1 Å². The van der Waals surface area contributed by atoms with Gasteiger partial charge in [-0.3, -0.25) is 19.8 Å². The Balaban J connectivity index is 1.65. The molecule has 1 fully saturated rings. The largest absolute Gasteiger partial charge is 0.340 e. The summed E-state index contributed by atoms with van der Waals surface area (Å²) in [5, 5.41) is 3.85. The molecule has 0 radical (unpaired) electrons. The van der Waals surface area contributed by atoms with Crippen LogP contribution in [0.5, 0.6) is 0 Å². The van der Waals surface area contributed by atoms with Crippen molar-refractivity contribution in [3.8, 4) is 0 Å². The molecule has 1 saturated heterocycles. The highest BCUT2D eigenvalue weighted by Gasteiger charge is 2.45.